The number of aliphatic hydroxyl groups excluding tert-OH is 1. The highest BCUT2D eigenvalue weighted by Gasteiger charge is 2.25. The number of hydrogen-bond donors (Lipinski definition) is 2. The number of ether oxygens (including phenoxy) is 1. The van der Waals surface area contributed by atoms with Gasteiger partial charge >= 0.3 is 13.6 Å². The summed E-state index contributed by atoms with van der Waals surface area (Å²) in [4.78, 5) is 19.6. The van der Waals surface area contributed by atoms with Crippen LogP contribution in [0.5, 0.6) is 0 Å². The molecule has 7 heteroatoms. The zero-order valence-corrected chi connectivity index (χ0v) is 9.94. The van der Waals surface area contributed by atoms with Gasteiger partial charge in [0.1, 0.15) is 12.7 Å². The van der Waals surface area contributed by atoms with E-state index in [1.165, 1.54) is 6.92 Å². The average molecular weight is 240 g/mol. The van der Waals surface area contributed by atoms with Crippen LogP contribution in [-0.2, 0) is 18.6 Å². The van der Waals surface area contributed by atoms with Crippen LogP contribution in [-0.4, -0.2) is 40.9 Å². The van der Waals surface area contributed by atoms with E-state index in [0.717, 1.165) is 0 Å². The molecule has 0 aliphatic carbocycles. The molecule has 90 valence electrons. The summed E-state index contributed by atoms with van der Waals surface area (Å²) in [6, 6.07) is 0. The summed E-state index contributed by atoms with van der Waals surface area (Å²) in [5.74, 6) is -0.523. The molecular formula is C8H17O6P. The molecule has 2 unspecified atom stereocenters. The first-order valence-electron chi connectivity index (χ1n) is 4.54. The number of rotatable bonds is 6. The molecule has 0 aromatic rings. The molecule has 0 aromatic carbocycles. The standard InChI is InChI=1S/C8H17O6P/c1-6(2)15(11,12)14-5-8(10)4-13-7(3)9/h6,8,10H,4-5H2,1-3H3,(H,11,12). The Balaban J connectivity index is 3.85. The Morgan fingerprint density at radius 2 is 1.93 bits per heavy atom. The summed E-state index contributed by atoms with van der Waals surface area (Å²) in [6.45, 7) is 3.71. The highest BCUT2D eigenvalue weighted by Crippen LogP contribution is 2.46. The van der Waals surface area contributed by atoms with Crippen LogP contribution in [0.25, 0.3) is 0 Å². The van der Waals surface area contributed by atoms with Crippen LogP contribution in [0.4, 0.5) is 0 Å². The Bertz CT molecular complexity index is 252. The normalized spacial score (nSPS) is 17.2. The smallest absolute Gasteiger partial charge is 0.330 e. The maximum atomic E-state index is 11.3. The van der Waals surface area contributed by atoms with E-state index in [0.29, 0.717) is 0 Å². The van der Waals surface area contributed by atoms with Crippen molar-refractivity contribution in [2.24, 2.45) is 0 Å². The monoisotopic (exact) mass is 240 g/mol. The molecule has 0 amide bonds. The van der Waals surface area contributed by atoms with Gasteiger partial charge in [-0.15, -0.1) is 0 Å². The van der Waals surface area contributed by atoms with Crippen molar-refractivity contribution < 1.29 is 28.6 Å². The zero-order chi connectivity index (χ0) is 12.1. The lowest BCUT2D eigenvalue weighted by atomic mass is 10.4. The van der Waals surface area contributed by atoms with E-state index in [2.05, 4.69) is 9.26 Å². The van der Waals surface area contributed by atoms with E-state index in [1.54, 1.807) is 13.8 Å². The summed E-state index contributed by atoms with van der Waals surface area (Å²) in [7, 11) is -3.67. The van der Waals surface area contributed by atoms with Crippen molar-refractivity contribution >= 4 is 13.6 Å². The summed E-state index contributed by atoms with van der Waals surface area (Å²) in [5.41, 5.74) is -0.529. The summed E-state index contributed by atoms with van der Waals surface area (Å²) >= 11 is 0. The van der Waals surface area contributed by atoms with Crippen molar-refractivity contribution in [3.8, 4) is 0 Å². The van der Waals surface area contributed by atoms with Gasteiger partial charge in [0.25, 0.3) is 0 Å². The fraction of sp³-hybridized carbons (Fsp3) is 0.875. The SMILES string of the molecule is CC(=O)OCC(O)COP(=O)(O)C(C)C. The number of esters is 1. The average Bonchev–Trinajstić information content (AvgIpc) is 2.11. The van der Waals surface area contributed by atoms with Gasteiger partial charge in [0.15, 0.2) is 0 Å². The summed E-state index contributed by atoms with van der Waals surface area (Å²) in [6.07, 6.45) is -1.09. The lowest BCUT2D eigenvalue weighted by Gasteiger charge is -2.17. The van der Waals surface area contributed by atoms with Crippen molar-refractivity contribution in [2.45, 2.75) is 32.5 Å². The predicted octanol–water partition coefficient (Wildman–Crippen LogP) is 0.521. The van der Waals surface area contributed by atoms with E-state index >= 15 is 0 Å². The third-order valence-electron chi connectivity index (χ3n) is 1.58. The number of carbonyl (C=O) groups excluding carboxylic acids is 1. The van der Waals surface area contributed by atoms with E-state index in [-0.39, 0.29) is 13.2 Å². The predicted molar refractivity (Wildman–Crippen MR) is 53.6 cm³/mol. The van der Waals surface area contributed by atoms with Gasteiger partial charge in [-0.25, -0.2) is 0 Å². The molecule has 0 saturated carbocycles. The topological polar surface area (TPSA) is 93.1 Å². The number of aliphatic hydroxyl groups is 1. The van der Waals surface area contributed by atoms with Gasteiger partial charge in [-0.3, -0.25) is 9.36 Å². The molecule has 0 aliphatic heterocycles. The molecule has 0 fully saturated rings. The second kappa shape index (κ2) is 6.23. The van der Waals surface area contributed by atoms with Crippen molar-refractivity contribution in [1.29, 1.82) is 0 Å². The minimum Gasteiger partial charge on any atom is -0.463 e. The van der Waals surface area contributed by atoms with Crippen LogP contribution in [0.15, 0.2) is 0 Å². The molecule has 0 aliphatic rings. The van der Waals surface area contributed by atoms with E-state index in [1.807, 2.05) is 0 Å². The molecule has 0 spiro atoms. The third kappa shape index (κ3) is 6.62. The number of hydrogen-bond acceptors (Lipinski definition) is 5. The Morgan fingerprint density at radius 1 is 1.40 bits per heavy atom. The van der Waals surface area contributed by atoms with Gasteiger partial charge in [0.2, 0.25) is 0 Å². The molecule has 2 N–H and O–H groups in total. The maximum absolute atomic E-state index is 11.3. The Labute approximate surface area is 88.7 Å². The molecule has 0 saturated heterocycles. The van der Waals surface area contributed by atoms with Crippen LogP contribution >= 0.6 is 7.60 Å². The first-order valence-corrected chi connectivity index (χ1v) is 6.19. The molecule has 2 atom stereocenters. The highest BCUT2D eigenvalue weighted by molar-refractivity contribution is 7.53. The molecule has 15 heavy (non-hydrogen) atoms. The van der Waals surface area contributed by atoms with Gasteiger partial charge in [-0.05, 0) is 0 Å². The van der Waals surface area contributed by atoms with Gasteiger partial charge in [0, 0.05) is 6.92 Å². The molecule has 0 aromatic heterocycles. The molecule has 0 heterocycles. The second-order valence-corrected chi connectivity index (χ2v) is 5.83. The molecule has 6 nitrogen and oxygen atoms in total. The van der Waals surface area contributed by atoms with Crippen LogP contribution in [0.3, 0.4) is 0 Å². The molecular weight excluding hydrogens is 223 g/mol. The third-order valence-corrected chi connectivity index (χ3v) is 3.41. The number of carbonyl (C=O) groups is 1. The Kier molecular flexibility index (Phi) is 6.05. The quantitative estimate of drug-likeness (QED) is 0.519. The van der Waals surface area contributed by atoms with Crippen molar-refractivity contribution in [2.75, 3.05) is 13.2 Å². The fourth-order valence-corrected chi connectivity index (χ4v) is 1.29. The van der Waals surface area contributed by atoms with E-state index < -0.39 is 25.3 Å². The van der Waals surface area contributed by atoms with Gasteiger partial charge in [0.05, 0.1) is 12.3 Å². The molecule has 0 rings (SSSR count). The summed E-state index contributed by atoms with van der Waals surface area (Å²) in [5, 5.41) is 9.21. The highest BCUT2D eigenvalue weighted by atomic mass is 31.2. The van der Waals surface area contributed by atoms with Crippen molar-refractivity contribution in [1.82, 2.24) is 0 Å². The fourth-order valence-electron chi connectivity index (χ4n) is 0.604. The van der Waals surface area contributed by atoms with Crippen molar-refractivity contribution in [3.63, 3.8) is 0 Å². The van der Waals surface area contributed by atoms with Crippen LogP contribution in [0.2, 0.25) is 0 Å². The first-order chi connectivity index (χ1) is 6.75. The lowest BCUT2D eigenvalue weighted by Crippen LogP contribution is -2.23. The minimum absolute atomic E-state index is 0.243. The Hall–Kier alpha value is -0.420. The maximum Gasteiger partial charge on any atom is 0.330 e. The lowest BCUT2D eigenvalue weighted by molar-refractivity contribution is -0.144. The van der Waals surface area contributed by atoms with Crippen LogP contribution in [0, 0.1) is 0 Å². The van der Waals surface area contributed by atoms with Crippen molar-refractivity contribution in [3.05, 3.63) is 0 Å². The minimum atomic E-state index is -3.67. The Morgan fingerprint density at radius 3 is 2.33 bits per heavy atom. The largest absolute Gasteiger partial charge is 0.463 e. The zero-order valence-electron chi connectivity index (χ0n) is 9.04. The second-order valence-electron chi connectivity index (χ2n) is 3.41. The van der Waals surface area contributed by atoms with Gasteiger partial charge in [-0.2, -0.15) is 0 Å². The van der Waals surface area contributed by atoms with Gasteiger partial charge in [-0.1, -0.05) is 13.8 Å². The van der Waals surface area contributed by atoms with E-state index in [4.69, 9.17) is 0 Å². The van der Waals surface area contributed by atoms with Crippen LogP contribution < -0.4 is 0 Å². The molecule has 0 radical (unpaired) electrons. The van der Waals surface area contributed by atoms with Crippen LogP contribution in [0.1, 0.15) is 20.8 Å². The van der Waals surface area contributed by atoms with Gasteiger partial charge < -0.3 is 19.3 Å². The first kappa shape index (κ1) is 14.6. The van der Waals surface area contributed by atoms with E-state index in [9.17, 15) is 19.4 Å². The molecule has 0 bridgehead atoms. The summed E-state index contributed by atoms with van der Waals surface area (Å²) < 4.78 is 20.4.